The number of aliphatic hydroxyl groups is 1. The second-order valence-corrected chi connectivity index (χ2v) is 5.63. The molecule has 2 N–H and O–H groups in total. The minimum absolute atomic E-state index is 0.272. The topological polar surface area (TPSA) is 49.3 Å². The molecule has 0 spiro atoms. The van der Waals surface area contributed by atoms with Crippen LogP contribution in [0, 0.1) is 23.1 Å². The Bertz CT molecular complexity index is 558. The van der Waals surface area contributed by atoms with E-state index in [1.54, 1.807) is 19.1 Å². The van der Waals surface area contributed by atoms with Crippen LogP contribution >= 0.6 is 0 Å². The summed E-state index contributed by atoms with van der Waals surface area (Å²) >= 11 is 0. The Labute approximate surface area is 124 Å². The number of aliphatic hydroxyl groups excluding tert-OH is 1. The highest BCUT2D eigenvalue weighted by atomic mass is 19.1. The van der Waals surface area contributed by atoms with E-state index < -0.39 is 6.10 Å². The smallest absolute Gasteiger partial charge is 0.295 e. The van der Waals surface area contributed by atoms with Crippen molar-refractivity contribution in [3.8, 4) is 11.8 Å². The number of hydrogen-bond donors (Lipinski definition) is 2. The zero-order valence-corrected chi connectivity index (χ0v) is 12.2. The minimum atomic E-state index is -0.461. The molecule has 1 saturated carbocycles. The highest BCUT2D eigenvalue weighted by Gasteiger charge is 2.42. The molecule has 1 aliphatic rings. The molecular weight excluding hydrogens is 269 g/mol. The molecule has 1 aliphatic carbocycles. The van der Waals surface area contributed by atoms with E-state index in [1.807, 2.05) is 0 Å². The van der Waals surface area contributed by atoms with Crippen LogP contribution < -0.4 is 5.32 Å². The van der Waals surface area contributed by atoms with Crippen LogP contribution in [-0.4, -0.2) is 23.7 Å². The van der Waals surface area contributed by atoms with Crippen LogP contribution in [0.5, 0.6) is 0 Å². The first-order chi connectivity index (χ1) is 10.1. The number of rotatable bonds is 4. The molecule has 0 bridgehead atoms. The molecule has 0 radical (unpaired) electrons. The summed E-state index contributed by atoms with van der Waals surface area (Å²) in [5.41, 5.74) is 0.580. The Morgan fingerprint density at radius 1 is 1.48 bits per heavy atom. The van der Waals surface area contributed by atoms with E-state index in [1.165, 1.54) is 12.1 Å². The molecule has 3 nitrogen and oxygen atoms in total. The van der Waals surface area contributed by atoms with Crippen LogP contribution in [0.15, 0.2) is 24.3 Å². The third-order valence-electron chi connectivity index (χ3n) is 4.17. The molecule has 0 saturated heterocycles. The maximum Gasteiger partial charge on any atom is 0.295 e. The average molecular weight is 289 g/mol. The van der Waals surface area contributed by atoms with E-state index in [2.05, 4.69) is 17.2 Å². The first-order valence-electron chi connectivity index (χ1n) is 7.19. The van der Waals surface area contributed by atoms with Gasteiger partial charge in [0.25, 0.3) is 5.91 Å². The molecule has 1 fully saturated rings. The molecule has 2 atom stereocenters. The fourth-order valence-electron chi connectivity index (χ4n) is 3.02. The molecule has 0 unspecified atom stereocenters. The number of carbonyl (C=O) groups excluding carboxylic acids is 1. The van der Waals surface area contributed by atoms with E-state index >= 15 is 0 Å². The lowest BCUT2D eigenvalue weighted by Crippen LogP contribution is -2.43. The van der Waals surface area contributed by atoms with Crippen molar-refractivity contribution in [3.05, 3.63) is 35.6 Å². The average Bonchev–Trinajstić information content (AvgIpc) is 2.81. The molecule has 0 aromatic heterocycles. The van der Waals surface area contributed by atoms with Gasteiger partial charge in [0.05, 0.1) is 6.10 Å². The summed E-state index contributed by atoms with van der Waals surface area (Å²) in [5, 5.41) is 13.1. The number of nitrogens with one attached hydrogen (secondary N) is 1. The largest absolute Gasteiger partial charge is 0.392 e. The second-order valence-electron chi connectivity index (χ2n) is 5.63. The van der Waals surface area contributed by atoms with Gasteiger partial charge < -0.3 is 10.4 Å². The standard InChI is InChI=1S/C17H20FNO2/c1-2-4-16(21)19-12-17(10-3-5-15(17)20)11-13-6-8-14(18)9-7-13/h6-9,15,20H,3,5,10-12H2,1H3,(H,19,21)/t15-,17-/m1/s1. The lowest BCUT2D eigenvalue weighted by molar-refractivity contribution is -0.116. The molecular formula is C17H20FNO2. The zero-order valence-electron chi connectivity index (χ0n) is 12.2. The Hall–Kier alpha value is -1.86. The predicted octanol–water partition coefficient (Wildman–Crippen LogP) is 2.04. The minimum Gasteiger partial charge on any atom is -0.392 e. The molecule has 1 amide bonds. The number of amides is 1. The maximum atomic E-state index is 13.0. The summed E-state index contributed by atoms with van der Waals surface area (Å²) in [6.45, 7) is 2.00. The highest BCUT2D eigenvalue weighted by Crippen LogP contribution is 2.40. The van der Waals surface area contributed by atoms with Crippen molar-refractivity contribution < 1.29 is 14.3 Å². The van der Waals surface area contributed by atoms with Gasteiger partial charge in [-0.25, -0.2) is 4.39 Å². The third kappa shape index (κ3) is 3.83. The van der Waals surface area contributed by atoms with Crippen molar-refractivity contribution in [3.63, 3.8) is 0 Å². The number of benzene rings is 1. The summed E-state index contributed by atoms with van der Waals surface area (Å²) in [7, 11) is 0. The molecule has 0 heterocycles. The van der Waals surface area contributed by atoms with Gasteiger partial charge in [0, 0.05) is 12.0 Å². The number of hydrogen-bond acceptors (Lipinski definition) is 2. The van der Waals surface area contributed by atoms with Gasteiger partial charge in [-0.1, -0.05) is 24.5 Å². The molecule has 112 valence electrons. The number of halogens is 1. The van der Waals surface area contributed by atoms with Gasteiger partial charge in [0.15, 0.2) is 0 Å². The van der Waals surface area contributed by atoms with Crippen molar-refractivity contribution >= 4 is 5.91 Å². The Balaban J connectivity index is 2.11. The highest BCUT2D eigenvalue weighted by molar-refractivity contribution is 5.93. The zero-order chi connectivity index (χ0) is 15.3. The summed E-state index contributed by atoms with van der Waals surface area (Å²) in [6, 6.07) is 6.31. The Morgan fingerprint density at radius 3 is 2.76 bits per heavy atom. The summed E-state index contributed by atoms with van der Waals surface area (Å²) in [5.74, 6) is 4.40. The van der Waals surface area contributed by atoms with Crippen molar-refractivity contribution in [1.29, 1.82) is 0 Å². The van der Waals surface area contributed by atoms with Gasteiger partial charge in [-0.15, -0.1) is 0 Å². The molecule has 0 aliphatic heterocycles. The third-order valence-corrected chi connectivity index (χ3v) is 4.17. The number of carbonyl (C=O) groups is 1. The van der Waals surface area contributed by atoms with E-state index in [0.717, 1.165) is 24.8 Å². The van der Waals surface area contributed by atoms with Gasteiger partial charge in [-0.05, 0) is 49.8 Å². The van der Waals surface area contributed by atoms with E-state index in [9.17, 15) is 14.3 Å². The van der Waals surface area contributed by atoms with Crippen LogP contribution in [0.3, 0.4) is 0 Å². The van der Waals surface area contributed by atoms with Crippen LogP contribution in [-0.2, 0) is 11.2 Å². The Kier molecular flexibility index (Phi) is 4.98. The van der Waals surface area contributed by atoms with Gasteiger partial charge in [0.2, 0.25) is 0 Å². The summed E-state index contributed by atoms with van der Waals surface area (Å²) in [4.78, 5) is 11.5. The van der Waals surface area contributed by atoms with E-state index in [0.29, 0.717) is 13.0 Å². The quantitative estimate of drug-likeness (QED) is 0.833. The van der Waals surface area contributed by atoms with Gasteiger partial charge >= 0.3 is 0 Å². The van der Waals surface area contributed by atoms with Gasteiger partial charge in [-0.2, -0.15) is 0 Å². The van der Waals surface area contributed by atoms with Crippen molar-refractivity contribution in [2.24, 2.45) is 5.41 Å². The van der Waals surface area contributed by atoms with Crippen LogP contribution in [0.1, 0.15) is 31.7 Å². The lowest BCUT2D eigenvalue weighted by Gasteiger charge is -2.33. The van der Waals surface area contributed by atoms with Crippen LogP contribution in [0.2, 0.25) is 0 Å². The van der Waals surface area contributed by atoms with Gasteiger partial charge in [-0.3, -0.25) is 4.79 Å². The predicted molar refractivity (Wildman–Crippen MR) is 78.9 cm³/mol. The monoisotopic (exact) mass is 289 g/mol. The fraction of sp³-hybridized carbons (Fsp3) is 0.471. The molecule has 1 aromatic rings. The van der Waals surface area contributed by atoms with Crippen molar-refractivity contribution in [1.82, 2.24) is 5.32 Å². The van der Waals surface area contributed by atoms with E-state index in [4.69, 9.17) is 0 Å². The maximum absolute atomic E-state index is 13.0. The molecule has 21 heavy (non-hydrogen) atoms. The van der Waals surface area contributed by atoms with Crippen LogP contribution in [0.4, 0.5) is 4.39 Å². The summed E-state index contributed by atoms with van der Waals surface area (Å²) < 4.78 is 13.0. The lowest BCUT2D eigenvalue weighted by atomic mass is 9.78. The summed E-state index contributed by atoms with van der Waals surface area (Å²) in [6.07, 6.45) is 2.66. The Morgan fingerprint density at radius 2 is 2.19 bits per heavy atom. The first-order valence-corrected chi connectivity index (χ1v) is 7.19. The van der Waals surface area contributed by atoms with Gasteiger partial charge in [0.1, 0.15) is 5.82 Å². The van der Waals surface area contributed by atoms with Crippen molar-refractivity contribution in [2.45, 2.75) is 38.7 Å². The van der Waals surface area contributed by atoms with E-state index in [-0.39, 0.29) is 17.1 Å². The fourth-order valence-corrected chi connectivity index (χ4v) is 3.02. The van der Waals surface area contributed by atoms with Crippen LogP contribution in [0.25, 0.3) is 0 Å². The van der Waals surface area contributed by atoms with Crippen molar-refractivity contribution in [2.75, 3.05) is 6.54 Å². The second kappa shape index (κ2) is 6.73. The first kappa shape index (κ1) is 15.5. The normalized spacial score (nSPS) is 24.2. The molecule has 2 rings (SSSR count). The SMILES string of the molecule is CC#CC(=O)NC[C@]1(Cc2ccc(F)cc2)CCC[C@H]1O. The molecule has 1 aromatic carbocycles. The molecule has 4 heteroatoms.